The molecule has 5 heteroatoms. The minimum atomic E-state index is -0.339. The van der Waals surface area contributed by atoms with Gasteiger partial charge < -0.3 is 14.2 Å². The van der Waals surface area contributed by atoms with Gasteiger partial charge in [0.2, 0.25) is 0 Å². The zero-order valence-corrected chi connectivity index (χ0v) is 16.7. The van der Waals surface area contributed by atoms with Gasteiger partial charge in [0.15, 0.2) is 0 Å². The van der Waals surface area contributed by atoms with Gasteiger partial charge in [-0.05, 0) is 43.5 Å². The number of imidazole rings is 1. The molecule has 29 heavy (non-hydrogen) atoms. The van der Waals surface area contributed by atoms with Crippen LogP contribution in [0.3, 0.4) is 0 Å². The second-order valence-corrected chi connectivity index (χ2v) is 8.12. The number of rotatable bonds is 3. The molecule has 0 spiro atoms. The van der Waals surface area contributed by atoms with Crippen molar-refractivity contribution in [1.82, 2.24) is 14.5 Å². The standard InChI is InChI=1S/C24H26FN3O/c1-27-13-10-18(11-14-27)29-23-20-8-5-9-21(25)19(20)12-15-28-16-22(26-24(23)28)17-6-3-2-4-7-17/h2-9,16,18,23H,10-15H2,1H3. The summed E-state index contributed by atoms with van der Waals surface area (Å²) in [6.07, 6.45) is 4.53. The second-order valence-electron chi connectivity index (χ2n) is 8.12. The van der Waals surface area contributed by atoms with E-state index in [-0.39, 0.29) is 18.0 Å². The maximum atomic E-state index is 14.6. The summed E-state index contributed by atoms with van der Waals surface area (Å²) in [7, 11) is 2.14. The molecule has 1 fully saturated rings. The number of hydrogen-bond donors (Lipinski definition) is 0. The van der Waals surface area contributed by atoms with Gasteiger partial charge in [0.25, 0.3) is 0 Å². The average molecular weight is 391 g/mol. The van der Waals surface area contributed by atoms with Crippen molar-refractivity contribution in [2.45, 2.75) is 38.0 Å². The summed E-state index contributed by atoms with van der Waals surface area (Å²) in [5.74, 6) is 0.737. The van der Waals surface area contributed by atoms with Gasteiger partial charge in [-0.1, -0.05) is 42.5 Å². The molecule has 3 aromatic rings. The fourth-order valence-corrected chi connectivity index (χ4v) is 4.47. The van der Waals surface area contributed by atoms with Crippen LogP contribution in [0.2, 0.25) is 0 Å². The molecule has 5 rings (SSSR count). The zero-order chi connectivity index (χ0) is 19.8. The first kappa shape index (κ1) is 18.5. The molecule has 3 heterocycles. The van der Waals surface area contributed by atoms with Crippen molar-refractivity contribution in [2.75, 3.05) is 20.1 Å². The van der Waals surface area contributed by atoms with E-state index in [1.807, 2.05) is 24.3 Å². The lowest BCUT2D eigenvalue weighted by Crippen LogP contribution is -2.35. The molecule has 2 aromatic carbocycles. The van der Waals surface area contributed by atoms with Crippen molar-refractivity contribution in [3.8, 4) is 11.3 Å². The maximum Gasteiger partial charge on any atom is 0.143 e. The lowest BCUT2D eigenvalue weighted by molar-refractivity contribution is -0.0276. The number of nitrogens with zero attached hydrogens (tertiary/aromatic N) is 3. The van der Waals surface area contributed by atoms with Crippen molar-refractivity contribution >= 4 is 0 Å². The van der Waals surface area contributed by atoms with Gasteiger partial charge in [0, 0.05) is 31.4 Å². The monoisotopic (exact) mass is 391 g/mol. The van der Waals surface area contributed by atoms with Crippen LogP contribution < -0.4 is 0 Å². The smallest absolute Gasteiger partial charge is 0.143 e. The van der Waals surface area contributed by atoms with Gasteiger partial charge in [-0.2, -0.15) is 0 Å². The Morgan fingerprint density at radius 3 is 2.59 bits per heavy atom. The number of benzene rings is 2. The van der Waals surface area contributed by atoms with E-state index in [0.717, 1.165) is 54.1 Å². The summed E-state index contributed by atoms with van der Waals surface area (Å²) in [4.78, 5) is 7.30. The molecule has 0 radical (unpaired) electrons. The van der Waals surface area contributed by atoms with Crippen LogP contribution in [0.15, 0.2) is 54.7 Å². The number of aromatic nitrogens is 2. The molecule has 1 aromatic heterocycles. The number of ether oxygens (including phenoxy) is 1. The number of hydrogen-bond acceptors (Lipinski definition) is 3. The lowest BCUT2D eigenvalue weighted by Gasteiger charge is -2.32. The van der Waals surface area contributed by atoms with E-state index in [1.165, 1.54) is 0 Å². The Morgan fingerprint density at radius 1 is 1.00 bits per heavy atom. The Bertz CT molecular complexity index is 993. The number of piperidine rings is 1. The molecular formula is C24H26FN3O. The zero-order valence-electron chi connectivity index (χ0n) is 16.7. The van der Waals surface area contributed by atoms with E-state index in [2.05, 4.69) is 34.8 Å². The van der Waals surface area contributed by atoms with Gasteiger partial charge in [0.1, 0.15) is 17.7 Å². The van der Waals surface area contributed by atoms with Gasteiger partial charge in [0.05, 0.1) is 11.8 Å². The molecule has 0 bridgehead atoms. The van der Waals surface area contributed by atoms with Crippen LogP contribution in [0.5, 0.6) is 0 Å². The number of likely N-dealkylation sites (tertiary alicyclic amines) is 1. The fourth-order valence-electron chi connectivity index (χ4n) is 4.47. The Morgan fingerprint density at radius 2 is 1.79 bits per heavy atom. The third kappa shape index (κ3) is 3.61. The number of fused-ring (bicyclic) bond motifs is 2. The first-order valence-electron chi connectivity index (χ1n) is 10.4. The molecule has 1 atom stereocenters. The van der Waals surface area contributed by atoms with E-state index >= 15 is 0 Å². The SMILES string of the molecule is CN1CCC(OC2c3cccc(F)c3CCn3cc(-c4ccccc4)nc32)CC1. The molecule has 0 amide bonds. The van der Waals surface area contributed by atoms with E-state index in [0.29, 0.717) is 13.0 Å². The topological polar surface area (TPSA) is 30.3 Å². The highest BCUT2D eigenvalue weighted by molar-refractivity contribution is 5.58. The van der Waals surface area contributed by atoms with E-state index in [9.17, 15) is 4.39 Å². The first-order valence-corrected chi connectivity index (χ1v) is 10.4. The molecule has 4 nitrogen and oxygen atoms in total. The Balaban J connectivity index is 1.55. The highest BCUT2D eigenvalue weighted by Gasteiger charge is 2.31. The quantitative estimate of drug-likeness (QED) is 0.661. The molecule has 0 aliphatic carbocycles. The second kappa shape index (κ2) is 7.73. The third-order valence-electron chi connectivity index (χ3n) is 6.15. The predicted molar refractivity (Wildman–Crippen MR) is 111 cm³/mol. The van der Waals surface area contributed by atoms with Crippen LogP contribution in [-0.4, -0.2) is 40.7 Å². The van der Waals surface area contributed by atoms with Crippen LogP contribution in [0, 0.1) is 5.82 Å². The van der Waals surface area contributed by atoms with Gasteiger partial charge in [-0.15, -0.1) is 0 Å². The number of aryl methyl sites for hydroxylation is 1. The summed E-state index contributed by atoms with van der Waals surface area (Å²) in [6, 6.07) is 15.5. The van der Waals surface area contributed by atoms with E-state index < -0.39 is 0 Å². The molecule has 0 saturated carbocycles. The van der Waals surface area contributed by atoms with E-state index in [1.54, 1.807) is 12.1 Å². The Kier molecular flexibility index (Phi) is 4.94. The summed E-state index contributed by atoms with van der Waals surface area (Å²) in [5, 5.41) is 0. The minimum absolute atomic E-state index is 0.145. The average Bonchev–Trinajstić information content (AvgIpc) is 3.11. The Hall–Kier alpha value is -2.50. The van der Waals surface area contributed by atoms with Crippen molar-refractivity contribution in [3.63, 3.8) is 0 Å². The van der Waals surface area contributed by atoms with Crippen molar-refractivity contribution in [3.05, 3.63) is 77.5 Å². The Labute approximate surface area is 170 Å². The lowest BCUT2D eigenvalue weighted by atomic mass is 9.99. The maximum absolute atomic E-state index is 14.6. The van der Waals surface area contributed by atoms with E-state index in [4.69, 9.17) is 9.72 Å². The molecule has 150 valence electrons. The minimum Gasteiger partial charge on any atom is -0.362 e. The van der Waals surface area contributed by atoms with Crippen molar-refractivity contribution in [1.29, 1.82) is 0 Å². The highest BCUT2D eigenvalue weighted by Crippen LogP contribution is 2.36. The molecule has 2 aliphatic heterocycles. The summed E-state index contributed by atoms with van der Waals surface area (Å²) < 4.78 is 23.4. The van der Waals surface area contributed by atoms with Gasteiger partial charge in [-0.25, -0.2) is 9.37 Å². The number of halogens is 1. The molecule has 1 saturated heterocycles. The molecule has 1 unspecified atom stereocenters. The van der Waals surface area contributed by atoms with Crippen LogP contribution >= 0.6 is 0 Å². The molecule has 0 N–H and O–H groups in total. The predicted octanol–water partition coefficient (Wildman–Crippen LogP) is 4.45. The summed E-state index contributed by atoms with van der Waals surface area (Å²) in [6.45, 7) is 2.75. The van der Waals surface area contributed by atoms with Crippen LogP contribution in [-0.2, 0) is 17.7 Å². The van der Waals surface area contributed by atoms with Crippen LogP contribution in [0.1, 0.15) is 35.9 Å². The third-order valence-corrected chi connectivity index (χ3v) is 6.15. The van der Waals surface area contributed by atoms with Crippen LogP contribution in [0.4, 0.5) is 4.39 Å². The van der Waals surface area contributed by atoms with Crippen molar-refractivity contribution < 1.29 is 9.13 Å². The fraction of sp³-hybridized carbons (Fsp3) is 0.375. The molecular weight excluding hydrogens is 365 g/mol. The molecule has 2 aliphatic rings. The summed E-state index contributed by atoms with van der Waals surface area (Å²) >= 11 is 0. The normalized spacial score (nSPS) is 20.1. The van der Waals surface area contributed by atoms with Crippen molar-refractivity contribution in [2.24, 2.45) is 0 Å². The largest absolute Gasteiger partial charge is 0.362 e. The highest BCUT2D eigenvalue weighted by atomic mass is 19.1. The van der Waals surface area contributed by atoms with Gasteiger partial charge >= 0.3 is 0 Å². The van der Waals surface area contributed by atoms with Crippen LogP contribution in [0.25, 0.3) is 11.3 Å². The summed E-state index contributed by atoms with van der Waals surface area (Å²) in [5.41, 5.74) is 3.72. The first-order chi connectivity index (χ1) is 14.2. The van der Waals surface area contributed by atoms with Gasteiger partial charge in [-0.3, -0.25) is 0 Å².